The number of benzene rings is 2. The molecule has 2 aromatic rings. The second kappa shape index (κ2) is 4.84. The summed E-state index contributed by atoms with van der Waals surface area (Å²) in [6.07, 6.45) is 1.69. The van der Waals surface area contributed by atoms with Gasteiger partial charge in [0.2, 0.25) is 0 Å². The number of carbonyl (C=O) groups excluding carboxylic acids is 1. The lowest BCUT2D eigenvalue weighted by Gasteiger charge is -2.30. The molecule has 0 N–H and O–H groups in total. The van der Waals surface area contributed by atoms with Crippen molar-refractivity contribution in [1.82, 2.24) is 0 Å². The highest BCUT2D eigenvalue weighted by Gasteiger charge is 2.17. The third-order valence-corrected chi connectivity index (χ3v) is 3.55. The molecule has 0 aliphatic carbocycles. The zero-order chi connectivity index (χ0) is 13.2. The molecule has 2 aromatic carbocycles. The molecule has 3 rings (SSSR count). The van der Waals surface area contributed by atoms with Crippen molar-refractivity contribution in [2.45, 2.75) is 13.0 Å². The number of nitrogens with zero attached hydrogens (tertiary/aromatic N) is 1. The number of hydrogen-bond acceptors (Lipinski definition) is 2. The van der Waals surface area contributed by atoms with E-state index in [4.69, 9.17) is 0 Å². The van der Waals surface area contributed by atoms with Gasteiger partial charge in [-0.1, -0.05) is 18.2 Å². The molecule has 1 aliphatic heterocycles. The van der Waals surface area contributed by atoms with Gasteiger partial charge in [0.1, 0.15) is 12.1 Å². The van der Waals surface area contributed by atoms with Crippen LogP contribution in [0.5, 0.6) is 0 Å². The maximum atomic E-state index is 13.2. The van der Waals surface area contributed by atoms with Crippen molar-refractivity contribution in [3.8, 4) is 0 Å². The number of hydrogen-bond donors (Lipinski definition) is 0. The molecule has 0 aromatic heterocycles. The standard InChI is InChI=1S/C16H14FNO/c17-15-5-4-14-10-18(7-6-13(14)9-15)16-3-1-2-12(8-16)11-19/h1-5,8-9,11H,6-7,10H2. The summed E-state index contributed by atoms with van der Waals surface area (Å²) in [4.78, 5) is 13.0. The minimum Gasteiger partial charge on any atom is -0.367 e. The normalized spacial score (nSPS) is 14.1. The lowest BCUT2D eigenvalue weighted by Crippen LogP contribution is -2.30. The van der Waals surface area contributed by atoms with Crippen molar-refractivity contribution in [3.05, 3.63) is 65.0 Å². The van der Waals surface area contributed by atoms with Crippen LogP contribution in [0, 0.1) is 5.82 Å². The highest BCUT2D eigenvalue weighted by Crippen LogP contribution is 2.25. The number of anilines is 1. The molecule has 2 nitrogen and oxygen atoms in total. The second-order valence-corrected chi connectivity index (χ2v) is 4.80. The van der Waals surface area contributed by atoms with E-state index in [0.717, 1.165) is 42.6 Å². The lowest BCUT2D eigenvalue weighted by atomic mass is 9.99. The van der Waals surface area contributed by atoms with Gasteiger partial charge in [-0.2, -0.15) is 0 Å². The molecule has 0 bridgehead atoms. The SMILES string of the molecule is O=Cc1cccc(N2CCc3cc(F)ccc3C2)c1. The Morgan fingerprint density at radius 3 is 2.84 bits per heavy atom. The Kier molecular flexibility index (Phi) is 3.03. The van der Waals surface area contributed by atoms with Gasteiger partial charge in [-0.05, 0) is 41.8 Å². The molecule has 0 spiro atoms. The molecular formula is C16H14FNO. The first kappa shape index (κ1) is 11.9. The minimum atomic E-state index is -0.171. The largest absolute Gasteiger partial charge is 0.367 e. The Morgan fingerprint density at radius 2 is 2.00 bits per heavy atom. The monoisotopic (exact) mass is 255 g/mol. The quantitative estimate of drug-likeness (QED) is 0.768. The fourth-order valence-corrected chi connectivity index (χ4v) is 2.54. The van der Waals surface area contributed by atoms with Crippen LogP contribution in [0.1, 0.15) is 21.5 Å². The van der Waals surface area contributed by atoms with E-state index >= 15 is 0 Å². The predicted molar refractivity (Wildman–Crippen MR) is 73.0 cm³/mol. The zero-order valence-corrected chi connectivity index (χ0v) is 10.5. The number of aldehydes is 1. The molecule has 96 valence electrons. The zero-order valence-electron chi connectivity index (χ0n) is 10.5. The predicted octanol–water partition coefficient (Wildman–Crippen LogP) is 3.20. The van der Waals surface area contributed by atoms with Crippen LogP contribution in [0.15, 0.2) is 42.5 Å². The summed E-state index contributed by atoms with van der Waals surface area (Å²) in [5.74, 6) is -0.171. The molecule has 0 atom stereocenters. The Morgan fingerprint density at radius 1 is 1.11 bits per heavy atom. The van der Waals surface area contributed by atoms with Gasteiger partial charge in [0.25, 0.3) is 0 Å². The van der Waals surface area contributed by atoms with Gasteiger partial charge in [-0.25, -0.2) is 4.39 Å². The van der Waals surface area contributed by atoms with E-state index in [1.165, 1.54) is 6.07 Å². The van der Waals surface area contributed by atoms with Crippen molar-refractivity contribution in [3.63, 3.8) is 0 Å². The summed E-state index contributed by atoms with van der Waals surface area (Å²) in [6.45, 7) is 1.61. The molecule has 1 aliphatic rings. The van der Waals surface area contributed by atoms with Gasteiger partial charge in [0, 0.05) is 24.3 Å². The van der Waals surface area contributed by atoms with Gasteiger partial charge < -0.3 is 4.90 Å². The first-order valence-corrected chi connectivity index (χ1v) is 6.34. The Hall–Kier alpha value is -2.16. The summed E-state index contributed by atoms with van der Waals surface area (Å²) in [6, 6.07) is 12.5. The maximum absolute atomic E-state index is 13.2. The van der Waals surface area contributed by atoms with Crippen LogP contribution < -0.4 is 4.90 Å². The summed E-state index contributed by atoms with van der Waals surface area (Å²) >= 11 is 0. The summed E-state index contributed by atoms with van der Waals surface area (Å²) in [5, 5.41) is 0. The Labute approximate surface area is 111 Å². The summed E-state index contributed by atoms with van der Waals surface area (Å²) in [5.41, 5.74) is 3.97. The number of halogens is 1. The number of rotatable bonds is 2. The highest BCUT2D eigenvalue weighted by atomic mass is 19.1. The van der Waals surface area contributed by atoms with Crippen molar-refractivity contribution in [2.75, 3.05) is 11.4 Å². The Bertz CT molecular complexity index is 624. The van der Waals surface area contributed by atoms with Gasteiger partial charge in [0.05, 0.1) is 0 Å². The highest BCUT2D eigenvalue weighted by molar-refractivity contribution is 5.77. The molecule has 0 saturated carbocycles. The molecule has 19 heavy (non-hydrogen) atoms. The molecule has 1 heterocycles. The minimum absolute atomic E-state index is 0.171. The second-order valence-electron chi connectivity index (χ2n) is 4.80. The molecule has 0 fully saturated rings. The number of fused-ring (bicyclic) bond motifs is 1. The van der Waals surface area contributed by atoms with Crippen LogP contribution in [-0.2, 0) is 13.0 Å². The van der Waals surface area contributed by atoms with Crippen molar-refractivity contribution >= 4 is 12.0 Å². The molecule has 3 heteroatoms. The average molecular weight is 255 g/mol. The van der Waals surface area contributed by atoms with Crippen molar-refractivity contribution < 1.29 is 9.18 Å². The molecule has 0 unspecified atom stereocenters. The van der Waals surface area contributed by atoms with E-state index in [1.807, 2.05) is 24.3 Å². The third kappa shape index (κ3) is 2.36. The fraction of sp³-hybridized carbons (Fsp3) is 0.188. The van der Waals surface area contributed by atoms with E-state index in [0.29, 0.717) is 5.56 Å². The van der Waals surface area contributed by atoms with Gasteiger partial charge in [-0.15, -0.1) is 0 Å². The van der Waals surface area contributed by atoms with E-state index in [-0.39, 0.29) is 5.82 Å². The van der Waals surface area contributed by atoms with Crippen LogP contribution >= 0.6 is 0 Å². The number of carbonyl (C=O) groups is 1. The van der Waals surface area contributed by atoms with Crippen LogP contribution in [0.3, 0.4) is 0 Å². The summed E-state index contributed by atoms with van der Waals surface area (Å²) in [7, 11) is 0. The Balaban J connectivity index is 1.88. The van der Waals surface area contributed by atoms with Gasteiger partial charge in [0.15, 0.2) is 0 Å². The molecule has 0 amide bonds. The van der Waals surface area contributed by atoms with Crippen molar-refractivity contribution in [2.24, 2.45) is 0 Å². The molecular weight excluding hydrogens is 241 g/mol. The van der Waals surface area contributed by atoms with Crippen LogP contribution in [0.25, 0.3) is 0 Å². The molecule has 0 radical (unpaired) electrons. The van der Waals surface area contributed by atoms with Crippen molar-refractivity contribution in [1.29, 1.82) is 0 Å². The summed E-state index contributed by atoms with van der Waals surface area (Å²) < 4.78 is 13.2. The average Bonchev–Trinajstić information content (AvgIpc) is 2.46. The lowest BCUT2D eigenvalue weighted by molar-refractivity contribution is 0.112. The first-order valence-electron chi connectivity index (χ1n) is 6.34. The van der Waals surface area contributed by atoms with Crippen LogP contribution in [0.4, 0.5) is 10.1 Å². The smallest absolute Gasteiger partial charge is 0.150 e. The molecule has 0 saturated heterocycles. The van der Waals surface area contributed by atoms with E-state index in [9.17, 15) is 9.18 Å². The topological polar surface area (TPSA) is 20.3 Å². The first-order chi connectivity index (χ1) is 9.26. The van der Waals surface area contributed by atoms with E-state index < -0.39 is 0 Å². The van der Waals surface area contributed by atoms with Crippen LogP contribution in [0.2, 0.25) is 0 Å². The van der Waals surface area contributed by atoms with E-state index in [1.54, 1.807) is 12.1 Å². The van der Waals surface area contributed by atoms with Gasteiger partial charge >= 0.3 is 0 Å². The van der Waals surface area contributed by atoms with Gasteiger partial charge in [-0.3, -0.25) is 4.79 Å². The maximum Gasteiger partial charge on any atom is 0.150 e. The van der Waals surface area contributed by atoms with E-state index in [2.05, 4.69) is 4.90 Å². The van der Waals surface area contributed by atoms with Crippen LogP contribution in [-0.4, -0.2) is 12.8 Å². The third-order valence-electron chi connectivity index (χ3n) is 3.55. The fourth-order valence-electron chi connectivity index (χ4n) is 2.54.